The van der Waals surface area contributed by atoms with E-state index in [-0.39, 0.29) is 17.9 Å². The molecule has 0 aromatic heterocycles. The highest BCUT2D eigenvalue weighted by Crippen LogP contribution is 2.29. The highest BCUT2D eigenvalue weighted by molar-refractivity contribution is 5.94. The van der Waals surface area contributed by atoms with Crippen LogP contribution in [0.25, 0.3) is 0 Å². The molecule has 0 bridgehead atoms. The third kappa shape index (κ3) is 9.26. The van der Waals surface area contributed by atoms with Crippen molar-refractivity contribution in [1.29, 1.82) is 0 Å². The zero-order valence-electron chi connectivity index (χ0n) is 20.2. The van der Waals surface area contributed by atoms with Crippen molar-refractivity contribution in [3.63, 3.8) is 0 Å². The molecule has 190 valence electrons. The van der Waals surface area contributed by atoms with E-state index in [1.807, 2.05) is 6.92 Å². The quantitative estimate of drug-likeness (QED) is 0.277. The maximum Gasteiger partial charge on any atom is 0.408 e. The Hall–Kier alpha value is -3.34. The number of primary amides is 1. The number of alkyl carbamates (subject to hydrolysis) is 1. The third-order valence-corrected chi connectivity index (χ3v) is 4.64. The van der Waals surface area contributed by atoms with Crippen molar-refractivity contribution in [2.24, 2.45) is 5.73 Å². The fourth-order valence-electron chi connectivity index (χ4n) is 3.18. The molecule has 0 fully saturated rings. The van der Waals surface area contributed by atoms with Crippen LogP contribution in [0.4, 0.5) is 4.79 Å². The number of rotatable bonds is 12. The van der Waals surface area contributed by atoms with Gasteiger partial charge in [-0.3, -0.25) is 14.4 Å². The molecule has 0 heterocycles. The number of ether oxygens (including phenoxy) is 1. The molecular formula is C23H36N4O7. The van der Waals surface area contributed by atoms with E-state index in [9.17, 15) is 29.4 Å². The van der Waals surface area contributed by atoms with Crippen LogP contribution in [0.2, 0.25) is 0 Å². The Kier molecular flexibility index (Phi) is 11.3. The fraction of sp³-hybridized carbons (Fsp3) is 0.565. The summed E-state index contributed by atoms with van der Waals surface area (Å²) in [6, 6.07) is 3.18. The van der Waals surface area contributed by atoms with Gasteiger partial charge in [0.05, 0.1) is 13.0 Å². The van der Waals surface area contributed by atoms with Gasteiger partial charge in [-0.15, -0.1) is 0 Å². The number of carbonyl (C=O) groups is 4. The minimum Gasteiger partial charge on any atom is -0.508 e. The van der Waals surface area contributed by atoms with E-state index in [0.717, 1.165) is 11.3 Å². The Morgan fingerprint density at radius 1 is 1.18 bits per heavy atom. The molecule has 11 heteroatoms. The summed E-state index contributed by atoms with van der Waals surface area (Å²) in [7, 11) is 0. The molecule has 0 aliphatic heterocycles. The predicted octanol–water partition coefficient (Wildman–Crippen LogP) is 0.939. The van der Waals surface area contributed by atoms with E-state index in [0.29, 0.717) is 13.0 Å². The number of nitrogens with zero attached hydrogens (tertiary/aromatic N) is 1. The van der Waals surface area contributed by atoms with Crippen molar-refractivity contribution in [3.05, 3.63) is 29.8 Å². The second kappa shape index (κ2) is 13.4. The Labute approximate surface area is 199 Å². The molecule has 1 aromatic carbocycles. The fourth-order valence-corrected chi connectivity index (χ4v) is 3.18. The molecule has 0 spiro atoms. The molecule has 2 unspecified atom stereocenters. The lowest BCUT2D eigenvalue weighted by Gasteiger charge is -2.34. The summed E-state index contributed by atoms with van der Waals surface area (Å²) in [6.45, 7) is 6.34. The first-order valence-corrected chi connectivity index (χ1v) is 11.2. The summed E-state index contributed by atoms with van der Waals surface area (Å²) in [5.74, 6) is -2.55. The smallest absolute Gasteiger partial charge is 0.408 e. The standard InChI is InChI=1S/C23H36N4O7/c1-5-6-11-25-20(31)19(15-9-7-8-10-17(15)29)27(12-13-28)21(32)16(14-18(24)30)26-22(33)34-23(2,3)4/h7-10,16,19,28-29H,5-6,11-14H2,1-4H3,(H2,24,30)(H,25,31)(H,26,33). The SMILES string of the molecule is CCCCNC(=O)C(c1ccccc1O)N(CCO)C(=O)C(CC(N)=O)NC(=O)OC(C)(C)C. The van der Waals surface area contributed by atoms with Crippen LogP contribution in [-0.2, 0) is 19.1 Å². The van der Waals surface area contributed by atoms with Gasteiger partial charge in [-0.1, -0.05) is 31.5 Å². The summed E-state index contributed by atoms with van der Waals surface area (Å²) in [5, 5.41) is 25.1. The second-order valence-electron chi connectivity index (χ2n) is 8.73. The lowest BCUT2D eigenvalue weighted by molar-refractivity contribution is -0.144. The number of phenolic OH excluding ortho intramolecular Hbond substituents is 1. The first-order chi connectivity index (χ1) is 15.9. The molecule has 0 saturated heterocycles. The number of amides is 4. The zero-order chi connectivity index (χ0) is 25.9. The van der Waals surface area contributed by atoms with Gasteiger partial charge in [0.1, 0.15) is 23.4 Å². The van der Waals surface area contributed by atoms with Crippen LogP contribution >= 0.6 is 0 Å². The molecule has 1 rings (SSSR count). The largest absolute Gasteiger partial charge is 0.508 e. The summed E-state index contributed by atoms with van der Waals surface area (Å²) in [6.07, 6.45) is -0.00761. The average molecular weight is 481 g/mol. The van der Waals surface area contributed by atoms with Gasteiger partial charge in [-0.25, -0.2) is 4.79 Å². The van der Waals surface area contributed by atoms with Crippen molar-refractivity contribution in [2.45, 2.75) is 64.6 Å². The molecule has 0 aliphatic carbocycles. The molecule has 2 atom stereocenters. The Morgan fingerprint density at radius 3 is 2.35 bits per heavy atom. The van der Waals surface area contributed by atoms with Crippen molar-refractivity contribution in [1.82, 2.24) is 15.5 Å². The molecule has 11 nitrogen and oxygen atoms in total. The van der Waals surface area contributed by atoms with Gasteiger partial charge in [0, 0.05) is 18.7 Å². The normalized spacial score (nSPS) is 12.9. The number of phenols is 1. The maximum atomic E-state index is 13.5. The monoisotopic (exact) mass is 480 g/mol. The van der Waals surface area contributed by atoms with Gasteiger partial charge in [-0.05, 0) is 33.3 Å². The number of aliphatic hydroxyl groups excluding tert-OH is 1. The van der Waals surface area contributed by atoms with Crippen LogP contribution in [0, 0.1) is 0 Å². The summed E-state index contributed by atoms with van der Waals surface area (Å²) in [5.41, 5.74) is 4.54. The van der Waals surface area contributed by atoms with Gasteiger partial charge < -0.3 is 36.2 Å². The van der Waals surface area contributed by atoms with Crippen molar-refractivity contribution in [2.75, 3.05) is 19.7 Å². The highest BCUT2D eigenvalue weighted by Gasteiger charge is 2.37. The molecule has 0 aliphatic rings. The number of aromatic hydroxyl groups is 1. The first kappa shape index (κ1) is 28.7. The number of nitrogens with one attached hydrogen (secondary N) is 2. The van der Waals surface area contributed by atoms with E-state index in [4.69, 9.17) is 10.5 Å². The molecule has 1 aromatic rings. The minimum absolute atomic E-state index is 0.119. The van der Waals surface area contributed by atoms with Crippen LogP contribution in [0.5, 0.6) is 5.75 Å². The molecule has 0 saturated carbocycles. The van der Waals surface area contributed by atoms with Crippen molar-refractivity contribution >= 4 is 23.8 Å². The third-order valence-electron chi connectivity index (χ3n) is 4.64. The van der Waals surface area contributed by atoms with E-state index >= 15 is 0 Å². The number of hydrogen-bond donors (Lipinski definition) is 5. The van der Waals surface area contributed by atoms with Crippen LogP contribution in [0.3, 0.4) is 0 Å². The average Bonchev–Trinajstić information content (AvgIpc) is 2.72. The van der Waals surface area contributed by atoms with Crippen LogP contribution in [0.15, 0.2) is 24.3 Å². The van der Waals surface area contributed by atoms with Gasteiger partial charge in [0.15, 0.2) is 0 Å². The number of aliphatic hydroxyl groups is 1. The van der Waals surface area contributed by atoms with E-state index < -0.39 is 54.5 Å². The Balaban J connectivity index is 3.39. The van der Waals surface area contributed by atoms with Gasteiger partial charge in [0.2, 0.25) is 17.7 Å². The lowest BCUT2D eigenvalue weighted by atomic mass is 10.0. The van der Waals surface area contributed by atoms with Crippen LogP contribution < -0.4 is 16.4 Å². The van der Waals surface area contributed by atoms with Crippen molar-refractivity contribution in [3.8, 4) is 5.75 Å². The predicted molar refractivity (Wildman–Crippen MR) is 125 cm³/mol. The molecule has 6 N–H and O–H groups in total. The zero-order valence-corrected chi connectivity index (χ0v) is 20.2. The molecular weight excluding hydrogens is 444 g/mol. The van der Waals surface area contributed by atoms with Crippen molar-refractivity contribution < 1.29 is 34.1 Å². The van der Waals surface area contributed by atoms with Crippen LogP contribution in [-0.4, -0.2) is 70.3 Å². The maximum absolute atomic E-state index is 13.5. The van der Waals surface area contributed by atoms with E-state index in [2.05, 4.69) is 10.6 Å². The number of hydrogen-bond acceptors (Lipinski definition) is 7. The molecule has 0 radical (unpaired) electrons. The summed E-state index contributed by atoms with van der Waals surface area (Å²) < 4.78 is 5.18. The number of para-hydroxylation sites is 1. The Bertz CT molecular complexity index is 854. The van der Waals surface area contributed by atoms with Gasteiger partial charge in [0.25, 0.3) is 0 Å². The number of benzene rings is 1. The topological polar surface area (TPSA) is 171 Å². The van der Waals surface area contributed by atoms with Gasteiger partial charge in [-0.2, -0.15) is 0 Å². The summed E-state index contributed by atoms with van der Waals surface area (Å²) >= 11 is 0. The second-order valence-corrected chi connectivity index (χ2v) is 8.73. The Morgan fingerprint density at radius 2 is 1.82 bits per heavy atom. The number of unbranched alkanes of at least 4 members (excludes halogenated alkanes) is 1. The van der Waals surface area contributed by atoms with Crippen LogP contribution in [0.1, 0.15) is 58.6 Å². The lowest BCUT2D eigenvalue weighted by Crippen LogP contribution is -2.54. The first-order valence-electron chi connectivity index (χ1n) is 11.2. The van der Waals surface area contributed by atoms with E-state index in [1.54, 1.807) is 32.9 Å². The number of nitrogens with two attached hydrogens (primary N) is 1. The minimum atomic E-state index is -1.46. The molecule has 4 amide bonds. The van der Waals surface area contributed by atoms with Gasteiger partial charge >= 0.3 is 6.09 Å². The number of carbonyl (C=O) groups excluding carboxylic acids is 4. The van der Waals surface area contributed by atoms with E-state index in [1.165, 1.54) is 12.1 Å². The molecule has 34 heavy (non-hydrogen) atoms. The summed E-state index contributed by atoms with van der Waals surface area (Å²) in [4.78, 5) is 51.6. The highest BCUT2D eigenvalue weighted by atomic mass is 16.6.